The number of ether oxygens (including phenoxy) is 2. The van der Waals surface area contributed by atoms with Crippen LogP contribution in [0.15, 0.2) is 0 Å². The summed E-state index contributed by atoms with van der Waals surface area (Å²) >= 11 is 5.60. The number of rotatable bonds is 2. The van der Waals surface area contributed by atoms with Gasteiger partial charge in [0.05, 0.1) is 0 Å². The number of hydrogen-bond donors (Lipinski definition) is 0. The molecule has 2 bridgehead atoms. The summed E-state index contributed by atoms with van der Waals surface area (Å²) in [6, 6.07) is 0. The van der Waals surface area contributed by atoms with Gasteiger partial charge in [-0.05, 0) is 37.5 Å². The van der Waals surface area contributed by atoms with Crippen LogP contribution in [0.25, 0.3) is 0 Å². The van der Waals surface area contributed by atoms with Crippen molar-refractivity contribution in [1.29, 1.82) is 0 Å². The van der Waals surface area contributed by atoms with Crippen molar-refractivity contribution in [3.8, 4) is 0 Å². The van der Waals surface area contributed by atoms with Crippen LogP contribution < -0.4 is 0 Å². The summed E-state index contributed by atoms with van der Waals surface area (Å²) in [4.78, 5) is 11.5. The molecule has 0 amide bonds. The zero-order chi connectivity index (χ0) is 12.8. The summed E-state index contributed by atoms with van der Waals surface area (Å²) in [6.45, 7) is 8.39. The number of halogens is 1. The molecule has 0 spiro atoms. The van der Waals surface area contributed by atoms with Crippen LogP contribution in [0.3, 0.4) is 0 Å². The fraction of sp³-hybridized carbons (Fsp3) is 0.923. The van der Waals surface area contributed by atoms with Crippen LogP contribution in [0.2, 0.25) is 0 Å². The number of carbonyl (C=O) groups excluding carboxylic acids is 1. The third kappa shape index (κ3) is 1.92. The summed E-state index contributed by atoms with van der Waals surface area (Å²) in [6.07, 6.45) is 2.65. The molecule has 1 unspecified atom stereocenters. The Kier molecular flexibility index (Phi) is 3.09. The second-order valence-electron chi connectivity index (χ2n) is 6.13. The van der Waals surface area contributed by atoms with Crippen molar-refractivity contribution in [2.24, 2.45) is 16.7 Å². The Morgan fingerprint density at radius 1 is 1.41 bits per heavy atom. The second kappa shape index (κ2) is 4.04. The average Bonchev–Trinajstić information content (AvgIpc) is 2.49. The molecule has 4 heteroatoms. The van der Waals surface area contributed by atoms with Gasteiger partial charge in [-0.3, -0.25) is 0 Å². The monoisotopic (exact) mass is 260 g/mol. The van der Waals surface area contributed by atoms with Crippen molar-refractivity contribution in [2.45, 2.75) is 58.6 Å². The highest BCUT2D eigenvalue weighted by Crippen LogP contribution is 2.66. The minimum absolute atomic E-state index is 0.0285. The topological polar surface area (TPSA) is 35.5 Å². The van der Waals surface area contributed by atoms with Crippen molar-refractivity contribution in [3.63, 3.8) is 0 Å². The minimum atomic E-state index is -0.637. The van der Waals surface area contributed by atoms with Gasteiger partial charge in [-0.25, -0.2) is 4.79 Å². The van der Waals surface area contributed by atoms with Gasteiger partial charge in [0.2, 0.25) is 0 Å². The molecule has 4 atom stereocenters. The Morgan fingerprint density at radius 3 is 2.47 bits per heavy atom. The Labute approximate surface area is 108 Å². The van der Waals surface area contributed by atoms with Gasteiger partial charge in [0.15, 0.2) is 5.56 Å². The predicted octanol–water partition coefficient (Wildman–Crippen LogP) is 3.94. The maximum absolute atomic E-state index is 11.5. The van der Waals surface area contributed by atoms with E-state index >= 15 is 0 Å². The molecule has 0 heterocycles. The lowest BCUT2D eigenvalue weighted by Gasteiger charge is -2.38. The predicted molar refractivity (Wildman–Crippen MR) is 65.9 cm³/mol. The Bertz CT molecular complexity index is 327. The number of hydrogen-bond acceptors (Lipinski definition) is 3. The molecule has 17 heavy (non-hydrogen) atoms. The molecule has 0 aromatic carbocycles. The number of alkyl halides is 1. The Balaban J connectivity index is 2.03. The normalized spacial score (nSPS) is 40.1. The van der Waals surface area contributed by atoms with Gasteiger partial charge in [0.1, 0.15) is 6.10 Å². The maximum atomic E-state index is 11.5. The molecule has 2 fully saturated rings. The molecule has 2 rings (SSSR count). The lowest BCUT2D eigenvalue weighted by molar-refractivity contribution is -0.0406. The SMILES string of the molecule is CC(Cl)OC(=O)O[C@H]1C[C@@H]2CC[C@@]1(C)C2(C)C. The summed E-state index contributed by atoms with van der Waals surface area (Å²) in [5, 5.41) is 0. The van der Waals surface area contributed by atoms with Gasteiger partial charge >= 0.3 is 6.16 Å². The summed E-state index contributed by atoms with van der Waals surface area (Å²) in [7, 11) is 0. The summed E-state index contributed by atoms with van der Waals surface area (Å²) < 4.78 is 10.3. The van der Waals surface area contributed by atoms with E-state index in [-0.39, 0.29) is 16.9 Å². The van der Waals surface area contributed by atoms with Crippen LogP contribution >= 0.6 is 11.6 Å². The van der Waals surface area contributed by atoms with Gasteiger partial charge in [-0.1, -0.05) is 32.4 Å². The lowest BCUT2D eigenvalue weighted by atomic mass is 9.70. The van der Waals surface area contributed by atoms with Crippen molar-refractivity contribution >= 4 is 17.8 Å². The first-order valence-corrected chi connectivity index (χ1v) is 6.72. The number of carbonyl (C=O) groups is 1. The standard InChI is InChI=1S/C13H21ClO3/c1-8(14)16-11(15)17-10-7-9-5-6-13(10,4)12(9,2)3/h8-10H,5-7H2,1-4H3/t8?,9-,10-,13+/m0/s1. The highest BCUT2D eigenvalue weighted by molar-refractivity contribution is 6.19. The summed E-state index contributed by atoms with van der Waals surface area (Å²) in [5.41, 5.74) is -0.321. The fourth-order valence-corrected chi connectivity index (χ4v) is 3.66. The minimum Gasteiger partial charge on any atom is -0.430 e. The first-order valence-electron chi connectivity index (χ1n) is 6.28. The Hall–Kier alpha value is -0.440. The third-order valence-corrected chi connectivity index (χ3v) is 5.30. The quantitative estimate of drug-likeness (QED) is 0.557. The molecular formula is C13H21ClO3. The van der Waals surface area contributed by atoms with Crippen LogP contribution in [0.1, 0.15) is 47.0 Å². The largest absolute Gasteiger partial charge is 0.510 e. The molecule has 0 saturated heterocycles. The smallest absolute Gasteiger partial charge is 0.430 e. The zero-order valence-electron chi connectivity index (χ0n) is 11.0. The van der Waals surface area contributed by atoms with E-state index in [1.807, 2.05) is 0 Å². The van der Waals surface area contributed by atoms with Crippen molar-refractivity contribution < 1.29 is 14.3 Å². The first-order chi connectivity index (χ1) is 7.77. The van der Waals surface area contributed by atoms with E-state index in [1.165, 1.54) is 6.42 Å². The second-order valence-corrected chi connectivity index (χ2v) is 6.74. The van der Waals surface area contributed by atoms with Crippen molar-refractivity contribution in [2.75, 3.05) is 0 Å². The van der Waals surface area contributed by atoms with E-state index in [4.69, 9.17) is 21.1 Å². The molecule has 0 aromatic heterocycles. The molecule has 3 nitrogen and oxygen atoms in total. The van der Waals surface area contributed by atoms with E-state index in [0.717, 1.165) is 12.8 Å². The Morgan fingerprint density at radius 2 is 2.06 bits per heavy atom. The van der Waals surface area contributed by atoms with Gasteiger partial charge < -0.3 is 9.47 Å². The summed E-state index contributed by atoms with van der Waals surface area (Å²) in [5.74, 6) is 0.652. The third-order valence-electron chi connectivity index (χ3n) is 5.21. The molecule has 0 N–H and O–H groups in total. The molecule has 0 aromatic rings. The van der Waals surface area contributed by atoms with Crippen molar-refractivity contribution in [1.82, 2.24) is 0 Å². The van der Waals surface area contributed by atoms with E-state index in [2.05, 4.69) is 20.8 Å². The molecule has 0 aliphatic heterocycles. The molecular weight excluding hydrogens is 240 g/mol. The van der Waals surface area contributed by atoms with Gasteiger partial charge in [-0.2, -0.15) is 0 Å². The van der Waals surface area contributed by atoms with Gasteiger partial charge in [-0.15, -0.1) is 0 Å². The average molecular weight is 261 g/mol. The zero-order valence-corrected chi connectivity index (χ0v) is 11.7. The van der Waals surface area contributed by atoms with E-state index in [0.29, 0.717) is 5.92 Å². The van der Waals surface area contributed by atoms with E-state index in [9.17, 15) is 4.79 Å². The highest BCUT2D eigenvalue weighted by atomic mass is 35.5. The van der Waals surface area contributed by atoms with E-state index in [1.54, 1.807) is 6.92 Å². The van der Waals surface area contributed by atoms with E-state index < -0.39 is 11.7 Å². The fourth-order valence-electron chi connectivity index (χ4n) is 3.59. The van der Waals surface area contributed by atoms with Gasteiger partial charge in [0, 0.05) is 5.41 Å². The molecule has 2 aliphatic carbocycles. The van der Waals surface area contributed by atoms with Crippen LogP contribution in [0.4, 0.5) is 4.79 Å². The molecule has 2 saturated carbocycles. The van der Waals surface area contributed by atoms with Crippen molar-refractivity contribution in [3.05, 3.63) is 0 Å². The van der Waals surface area contributed by atoms with Gasteiger partial charge in [0.25, 0.3) is 0 Å². The maximum Gasteiger partial charge on any atom is 0.510 e. The van der Waals surface area contributed by atoms with Crippen LogP contribution in [-0.4, -0.2) is 17.8 Å². The number of fused-ring (bicyclic) bond motifs is 2. The van der Waals surface area contributed by atoms with Crippen LogP contribution in [-0.2, 0) is 9.47 Å². The molecule has 98 valence electrons. The van der Waals surface area contributed by atoms with Crippen LogP contribution in [0, 0.1) is 16.7 Å². The molecule has 2 aliphatic rings. The molecule has 0 radical (unpaired) electrons. The highest BCUT2D eigenvalue weighted by Gasteiger charge is 2.63. The van der Waals surface area contributed by atoms with Crippen LogP contribution in [0.5, 0.6) is 0 Å². The lowest BCUT2D eigenvalue weighted by Crippen LogP contribution is -2.38. The first kappa shape index (κ1) is 13.0.